The van der Waals surface area contributed by atoms with Crippen molar-refractivity contribution in [3.8, 4) is 0 Å². The third kappa shape index (κ3) is 4.59. The van der Waals surface area contributed by atoms with Crippen LogP contribution in [0.3, 0.4) is 0 Å². The number of hydrogen-bond acceptors (Lipinski definition) is 4. The predicted octanol–water partition coefficient (Wildman–Crippen LogP) is 3.78. The van der Waals surface area contributed by atoms with Crippen LogP contribution in [0.15, 0.2) is 36.7 Å². The number of fused-ring (bicyclic) bond motifs is 1. The highest BCUT2D eigenvalue weighted by molar-refractivity contribution is 14.1. The Kier molecular flexibility index (Phi) is 6.24. The Morgan fingerprint density at radius 1 is 1.34 bits per heavy atom. The average molecular weight is 530 g/mol. The molecule has 0 spiro atoms. The van der Waals surface area contributed by atoms with Gasteiger partial charge in [0, 0.05) is 40.5 Å². The van der Waals surface area contributed by atoms with E-state index in [1.807, 2.05) is 13.8 Å². The van der Waals surface area contributed by atoms with Crippen molar-refractivity contribution >= 4 is 55.3 Å². The van der Waals surface area contributed by atoms with Crippen molar-refractivity contribution in [3.05, 3.63) is 57.2 Å². The zero-order chi connectivity index (χ0) is 21.3. The quantitative estimate of drug-likeness (QED) is 0.359. The van der Waals surface area contributed by atoms with Crippen LogP contribution in [-0.4, -0.2) is 42.1 Å². The van der Waals surface area contributed by atoms with Crippen molar-refractivity contribution in [2.24, 2.45) is 5.92 Å². The van der Waals surface area contributed by atoms with Crippen molar-refractivity contribution in [1.29, 1.82) is 0 Å². The summed E-state index contributed by atoms with van der Waals surface area (Å²) in [5.41, 5.74) is 0.277. The molecule has 0 fully saturated rings. The number of carbonyl (C=O) groups is 1. The molecule has 0 amide bonds. The summed E-state index contributed by atoms with van der Waals surface area (Å²) in [4.78, 5) is 20.1. The number of aromatic nitrogens is 2. The summed E-state index contributed by atoms with van der Waals surface area (Å²) in [6.07, 6.45) is 3.13. The van der Waals surface area contributed by atoms with Gasteiger partial charge in [-0.3, -0.25) is 9.52 Å². The standard InChI is InChI=1S/C19H20FIN4O3S/c1-11(2)10-25(3)29(27,28)24-16-6-4-5-13(17(16)20)18(26)15-9-23-19-14(15)7-12(21)8-22-19/h4-9,11,24H,10H2,1-3H3,(H,22,23). The largest absolute Gasteiger partial charge is 0.345 e. The molecule has 0 aliphatic rings. The van der Waals surface area contributed by atoms with Crippen LogP contribution >= 0.6 is 22.6 Å². The number of pyridine rings is 1. The molecule has 0 saturated heterocycles. The smallest absolute Gasteiger partial charge is 0.301 e. The minimum absolute atomic E-state index is 0.104. The topological polar surface area (TPSA) is 95.2 Å². The van der Waals surface area contributed by atoms with Crippen molar-refractivity contribution in [2.75, 3.05) is 18.3 Å². The first kappa shape index (κ1) is 21.7. The summed E-state index contributed by atoms with van der Waals surface area (Å²) in [5, 5.41) is 0.573. The molecule has 0 saturated carbocycles. The van der Waals surface area contributed by atoms with Crippen molar-refractivity contribution in [3.63, 3.8) is 0 Å². The van der Waals surface area contributed by atoms with E-state index in [9.17, 15) is 13.2 Å². The van der Waals surface area contributed by atoms with Gasteiger partial charge in [0.1, 0.15) is 5.65 Å². The molecule has 0 unspecified atom stereocenters. The first-order valence-electron chi connectivity index (χ1n) is 8.80. The number of hydrogen-bond donors (Lipinski definition) is 2. The zero-order valence-corrected chi connectivity index (χ0v) is 19.0. The molecule has 2 heterocycles. The highest BCUT2D eigenvalue weighted by Crippen LogP contribution is 2.26. The van der Waals surface area contributed by atoms with E-state index in [1.54, 1.807) is 12.3 Å². The molecule has 0 bridgehead atoms. The van der Waals surface area contributed by atoms with Gasteiger partial charge in [-0.15, -0.1) is 0 Å². The third-order valence-corrected chi connectivity index (χ3v) is 6.29. The number of nitrogens with one attached hydrogen (secondary N) is 2. The Morgan fingerprint density at radius 2 is 2.07 bits per heavy atom. The number of anilines is 1. The fourth-order valence-electron chi connectivity index (χ4n) is 2.93. The van der Waals surface area contributed by atoms with Crippen LogP contribution in [0, 0.1) is 15.3 Å². The Balaban J connectivity index is 1.96. The molecule has 154 valence electrons. The molecule has 3 rings (SSSR count). The van der Waals surface area contributed by atoms with E-state index in [2.05, 4.69) is 37.3 Å². The maximum atomic E-state index is 15.1. The van der Waals surface area contributed by atoms with Crippen molar-refractivity contribution in [2.45, 2.75) is 13.8 Å². The van der Waals surface area contributed by atoms with Gasteiger partial charge in [0.25, 0.3) is 0 Å². The number of rotatable bonds is 7. The molecule has 0 aliphatic carbocycles. The number of benzene rings is 1. The molecule has 10 heteroatoms. The van der Waals surface area contributed by atoms with E-state index in [4.69, 9.17) is 0 Å². The summed E-state index contributed by atoms with van der Waals surface area (Å²) >= 11 is 2.08. The van der Waals surface area contributed by atoms with Gasteiger partial charge in [-0.05, 0) is 46.7 Å². The predicted molar refractivity (Wildman–Crippen MR) is 119 cm³/mol. The van der Waals surface area contributed by atoms with Crippen molar-refractivity contribution in [1.82, 2.24) is 14.3 Å². The monoisotopic (exact) mass is 530 g/mol. The molecule has 3 aromatic rings. The maximum absolute atomic E-state index is 15.1. The molecule has 0 atom stereocenters. The zero-order valence-electron chi connectivity index (χ0n) is 16.0. The van der Waals surface area contributed by atoms with Crippen LogP contribution < -0.4 is 4.72 Å². The van der Waals surface area contributed by atoms with E-state index < -0.39 is 21.8 Å². The van der Waals surface area contributed by atoms with Gasteiger partial charge in [0.05, 0.1) is 11.3 Å². The fourth-order valence-corrected chi connectivity index (χ4v) is 4.46. The van der Waals surface area contributed by atoms with Crippen LogP contribution in [0.5, 0.6) is 0 Å². The highest BCUT2D eigenvalue weighted by Gasteiger charge is 2.24. The van der Waals surface area contributed by atoms with E-state index in [0.717, 1.165) is 7.88 Å². The third-order valence-electron chi connectivity index (χ3n) is 4.26. The van der Waals surface area contributed by atoms with Gasteiger partial charge in [-0.25, -0.2) is 9.37 Å². The Bertz CT molecular complexity index is 1180. The fraction of sp³-hybridized carbons (Fsp3) is 0.263. The maximum Gasteiger partial charge on any atom is 0.301 e. The van der Waals surface area contributed by atoms with Gasteiger partial charge in [-0.2, -0.15) is 12.7 Å². The number of H-pyrrole nitrogens is 1. The van der Waals surface area contributed by atoms with Crippen LogP contribution in [0.2, 0.25) is 0 Å². The second kappa shape index (κ2) is 8.36. The molecule has 0 aliphatic heterocycles. The molecule has 2 N–H and O–H groups in total. The number of aromatic amines is 1. The number of halogens is 2. The van der Waals surface area contributed by atoms with Gasteiger partial charge in [0.2, 0.25) is 0 Å². The Morgan fingerprint density at radius 3 is 2.76 bits per heavy atom. The molecular weight excluding hydrogens is 510 g/mol. The summed E-state index contributed by atoms with van der Waals surface area (Å²) in [6.45, 7) is 4.03. The van der Waals surface area contributed by atoms with Crippen LogP contribution in [0.4, 0.5) is 10.1 Å². The average Bonchev–Trinajstić information content (AvgIpc) is 3.05. The highest BCUT2D eigenvalue weighted by atomic mass is 127. The SMILES string of the molecule is CC(C)CN(C)S(=O)(=O)Nc1cccc(C(=O)c2c[nH]c3ncc(I)cc23)c1F. The summed E-state index contributed by atoms with van der Waals surface area (Å²) in [7, 11) is -2.54. The van der Waals surface area contributed by atoms with E-state index in [-0.39, 0.29) is 29.3 Å². The first-order chi connectivity index (χ1) is 13.6. The molecule has 2 aromatic heterocycles. The minimum Gasteiger partial charge on any atom is -0.345 e. The molecule has 0 radical (unpaired) electrons. The lowest BCUT2D eigenvalue weighted by Gasteiger charge is -2.20. The number of nitrogens with zero attached hydrogens (tertiary/aromatic N) is 2. The summed E-state index contributed by atoms with van der Waals surface area (Å²) in [6, 6.07) is 5.82. The van der Waals surface area contributed by atoms with Gasteiger partial charge < -0.3 is 4.98 Å². The Hall–Kier alpha value is -2.05. The lowest BCUT2D eigenvalue weighted by atomic mass is 10.0. The van der Waals surface area contributed by atoms with Gasteiger partial charge >= 0.3 is 10.2 Å². The second-order valence-electron chi connectivity index (χ2n) is 7.03. The van der Waals surface area contributed by atoms with Crippen molar-refractivity contribution < 1.29 is 17.6 Å². The van der Waals surface area contributed by atoms with E-state index in [1.165, 1.54) is 31.4 Å². The van der Waals surface area contributed by atoms with E-state index in [0.29, 0.717) is 11.0 Å². The summed E-state index contributed by atoms with van der Waals surface area (Å²) in [5.74, 6) is -1.38. The molecule has 29 heavy (non-hydrogen) atoms. The molecule has 7 nitrogen and oxygen atoms in total. The second-order valence-corrected chi connectivity index (χ2v) is 10.1. The van der Waals surface area contributed by atoms with Crippen LogP contribution in [0.1, 0.15) is 29.8 Å². The number of carbonyl (C=O) groups excluding carboxylic acids is 1. The lowest BCUT2D eigenvalue weighted by molar-refractivity contribution is 0.103. The number of ketones is 1. The molecule has 1 aromatic carbocycles. The van der Waals surface area contributed by atoms with Crippen LogP contribution in [0.25, 0.3) is 11.0 Å². The minimum atomic E-state index is -3.95. The summed E-state index contributed by atoms with van der Waals surface area (Å²) < 4.78 is 44.1. The Labute approximate surface area is 182 Å². The van der Waals surface area contributed by atoms with Gasteiger partial charge in [0.15, 0.2) is 11.6 Å². The lowest BCUT2D eigenvalue weighted by Crippen LogP contribution is -2.35. The van der Waals surface area contributed by atoms with Gasteiger partial charge in [-0.1, -0.05) is 19.9 Å². The van der Waals surface area contributed by atoms with E-state index >= 15 is 4.39 Å². The molecular formula is C19H20FIN4O3S. The first-order valence-corrected chi connectivity index (χ1v) is 11.3. The van der Waals surface area contributed by atoms with Crippen LogP contribution in [-0.2, 0) is 10.2 Å². The normalized spacial score (nSPS) is 12.1.